The zero-order chi connectivity index (χ0) is 17.6. The van der Waals surface area contributed by atoms with Crippen molar-refractivity contribution in [2.45, 2.75) is 50.8 Å². The number of nitrogens with zero attached hydrogens (tertiary/aromatic N) is 2. The number of urea groups is 1. The molecule has 2 bridgehead atoms. The lowest BCUT2D eigenvalue weighted by atomic mass is 10.1. The summed E-state index contributed by atoms with van der Waals surface area (Å²) in [6, 6.07) is 11.5. The highest BCUT2D eigenvalue weighted by atomic mass is 16.5. The Morgan fingerprint density at radius 2 is 2.00 bits per heavy atom. The van der Waals surface area contributed by atoms with Gasteiger partial charge in [-0.25, -0.2) is 4.79 Å². The van der Waals surface area contributed by atoms with E-state index in [1.54, 1.807) is 0 Å². The number of carbonyl (C=O) groups excluding carboxylic acids is 1. The summed E-state index contributed by atoms with van der Waals surface area (Å²) in [6.45, 7) is 5.13. The smallest absolute Gasteiger partial charge is 0.317 e. The van der Waals surface area contributed by atoms with E-state index in [0.717, 1.165) is 25.9 Å². The molecule has 25 heavy (non-hydrogen) atoms. The Labute approximate surface area is 151 Å². The largest absolute Gasteiger partial charge is 0.374 e. The molecular formula is C20H31N3O2. The first-order valence-corrected chi connectivity index (χ1v) is 9.56. The Balaban J connectivity index is 1.33. The van der Waals surface area contributed by atoms with E-state index in [4.69, 9.17) is 4.74 Å². The van der Waals surface area contributed by atoms with Gasteiger partial charge >= 0.3 is 6.03 Å². The van der Waals surface area contributed by atoms with Gasteiger partial charge in [-0.05, 0) is 45.2 Å². The molecule has 2 amide bonds. The molecule has 0 spiro atoms. The normalized spacial score (nSPS) is 24.8. The van der Waals surface area contributed by atoms with Crippen LogP contribution in [0.3, 0.4) is 0 Å². The van der Waals surface area contributed by atoms with E-state index >= 15 is 0 Å². The molecule has 0 saturated carbocycles. The van der Waals surface area contributed by atoms with Crippen molar-refractivity contribution in [1.82, 2.24) is 15.1 Å². The Bertz CT molecular complexity index is 551. The molecular weight excluding hydrogens is 314 g/mol. The second-order valence-corrected chi connectivity index (χ2v) is 7.29. The number of rotatable bonds is 6. The molecule has 2 saturated heterocycles. The van der Waals surface area contributed by atoms with E-state index in [1.165, 1.54) is 18.4 Å². The monoisotopic (exact) mass is 345 g/mol. The predicted molar refractivity (Wildman–Crippen MR) is 99.6 cm³/mol. The van der Waals surface area contributed by atoms with Crippen LogP contribution in [-0.2, 0) is 4.74 Å². The maximum Gasteiger partial charge on any atom is 0.317 e. The second kappa shape index (κ2) is 8.68. The third kappa shape index (κ3) is 4.73. The molecule has 0 radical (unpaired) electrons. The zero-order valence-corrected chi connectivity index (χ0v) is 15.5. The van der Waals surface area contributed by atoms with Crippen LogP contribution in [-0.4, -0.2) is 61.2 Å². The summed E-state index contributed by atoms with van der Waals surface area (Å²) in [6.07, 6.45) is 4.53. The number of amides is 2. The molecule has 2 heterocycles. The van der Waals surface area contributed by atoms with Gasteiger partial charge in [-0.2, -0.15) is 0 Å². The van der Waals surface area contributed by atoms with E-state index < -0.39 is 0 Å². The third-order valence-electron chi connectivity index (χ3n) is 5.67. The Hall–Kier alpha value is -1.59. The van der Waals surface area contributed by atoms with Gasteiger partial charge in [0.15, 0.2) is 0 Å². The van der Waals surface area contributed by atoms with Crippen molar-refractivity contribution < 1.29 is 9.53 Å². The summed E-state index contributed by atoms with van der Waals surface area (Å²) in [5.41, 5.74) is 1.19. The van der Waals surface area contributed by atoms with Crippen molar-refractivity contribution >= 4 is 6.03 Å². The van der Waals surface area contributed by atoms with Crippen LogP contribution in [0.5, 0.6) is 0 Å². The van der Waals surface area contributed by atoms with E-state index in [1.807, 2.05) is 23.1 Å². The molecule has 3 unspecified atom stereocenters. The van der Waals surface area contributed by atoms with Gasteiger partial charge in [-0.1, -0.05) is 30.3 Å². The van der Waals surface area contributed by atoms with Crippen LogP contribution in [0.1, 0.15) is 44.3 Å². The number of likely N-dealkylation sites (N-methyl/N-ethyl adjacent to an activating group) is 1. The minimum atomic E-state index is 0.0806. The highest BCUT2D eigenvalue weighted by Crippen LogP contribution is 2.28. The lowest BCUT2D eigenvalue weighted by Gasteiger charge is -2.26. The second-order valence-electron chi connectivity index (χ2n) is 7.29. The van der Waals surface area contributed by atoms with E-state index in [2.05, 4.69) is 36.3 Å². The molecule has 2 fully saturated rings. The number of fused-ring (bicyclic) bond motifs is 2. The number of hydrogen-bond donors (Lipinski definition) is 1. The SMILES string of the molecule is CC(OCCCNC(=O)N1CCC2CCC(C1)N2C)c1ccccc1. The zero-order valence-electron chi connectivity index (χ0n) is 15.5. The van der Waals surface area contributed by atoms with Gasteiger partial charge in [0.1, 0.15) is 0 Å². The predicted octanol–water partition coefficient (Wildman–Crippen LogP) is 3.03. The molecule has 1 aromatic carbocycles. The summed E-state index contributed by atoms with van der Waals surface area (Å²) in [4.78, 5) is 16.9. The Morgan fingerprint density at radius 3 is 2.80 bits per heavy atom. The van der Waals surface area contributed by atoms with Crippen LogP contribution < -0.4 is 5.32 Å². The van der Waals surface area contributed by atoms with Gasteiger partial charge in [0.25, 0.3) is 0 Å². The fraction of sp³-hybridized carbons (Fsp3) is 0.650. The van der Waals surface area contributed by atoms with Crippen LogP contribution in [0.25, 0.3) is 0 Å². The molecule has 3 rings (SSSR count). The maximum atomic E-state index is 12.4. The van der Waals surface area contributed by atoms with E-state index in [0.29, 0.717) is 25.2 Å². The number of hydrogen-bond acceptors (Lipinski definition) is 3. The van der Waals surface area contributed by atoms with Gasteiger partial charge in [-0.15, -0.1) is 0 Å². The Morgan fingerprint density at radius 1 is 1.24 bits per heavy atom. The molecule has 1 N–H and O–H groups in total. The van der Waals surface area contributed by atoms with Gasteiger partial charge in [0.05, 0.1) is 6.10 Å². The highest BCUT2D eigenvalue weighted by Gasteiger charge is 2.35. The molecule has 5 heteroatoms. The minimum Gasteiger partial charge on any atom is -0.374 e. The van der Waals surface area contributed by atoms with Crippen molar-refractivity contribution in [3.05, 3.63) is 35.9 Å². The molecule has 3 atom stereocenters. The van der Waals surface area contributed by atoms with Gasteiger partial charge in [-0.3, -0.25) is 4.90 Å². The number of carbonyl (C=O) groups is 1. The molecule has 2 aliphatic heterocycles. The average Bonchev–Trinajstić information content (AvgIpc) is 2.87. The number of nitrogens with one attached hydrogen (secondary N) is 1. The van der Waals surface area contributed by atoms with Crippen molar-refractivity contribution in [1.29, 1.82) is 0 Å². The topological polar surface area (TPSA) is 44.8 Å². The summed E-state index contributed by atoms with van der Waals surface area (Å²) in [5, 5.41) is 3.06. The first-order chi connectivity index (χ1) is 12.1. The summed E-state index contributed by atoms with van der Waals surface area (Å²) in [5.74, 6) is 0. The molecule has 1 aromatic rings. The first-order valence-electron chi connectivity index (χ1n) is 9.56. The first kappa shape index (κ1) is 18.2. The summed E-state index contributed by atoms with van der Waals surface area (Å²) < 4.78 is 5.86. The number of benzene rings is 1. The number of likely N-dealkylation sites (tertiary alicyclic amines) is 1. The van der Waals surface area contributed by atoms with Crippen molar-refractivity contribution in [2.24, 2.45) is 0 Å². The van der Waals surface area contributed by atoms with Gasteiger partial charge in [0, 0.05) is 38.3 Å². The van der Waals surface area contributed by atoms with Crippen LogP contribution in [0.2, 0.25) is 0 Å². The molecule has 2 aliphatic rings. The van der Waals surface area contributed by atoms with E-state index in [-0.39, 0.29) is 12.1 Å². The summed E-state index contributed by atoms with van der Waals surface area (Å²) >= 11 is 0. The lowest BCUT2D eigenvalue weighted by molar-refractivity contribution is 0.0642. The molecule has 0 aliphatic carbocycles. The van der Waals surface area contributed by atoms with Crippen LogP contribution in [0.4, 0.5) is 4.79 Å². The Kier molecular flexibility index (Phi) is 6.32. The van der Waals surface area contributed by atoms with Crippen LogP contribution in [0.15, 0.2) is 30.3 Å². The van der Waals surface area contributed by atoms with Crippen LogP contribution >= 0.6 is 0 Å². The van der Waals surface area contributed by atoms with Crippen molar-refractivity contribution in [2.75, 3.05) is 33.3 Å². The molecule has 5 nitrogen and oxygen atoms in total. The van der Waals surface area contributed by atoms with Crippen LogP contribution in [0, 0.1) is 0 Å². The fourth-order valence-electron chi connectivity index (χ4n) is 3.95. The maximum absolute atomic E-state index is 12.4. The van der Waals surface area contributed by atoms with Crippen molar-refractivity contribution in [3.8, 4) is 0 Å². The highest BCUT2D eigenvalue weighted by molar-refractivity contribution is 5.74. The van der Waals surface area contributed by atoms with Gasteiger partial charge < -0.3 is 15.0 Å². The molecule has 138 valence electrons. The number of ether oxygens (including phenoxy) is 1. The standard InChI is InChI=1S/C20H31N3O2/c1-16(17-7-4-3-5-8-17)25-14-6-12-21-20(24)23-13-11-18-9-10-19(15-23)22(18)2/h3-5,7-8,16,18-19H,6,9-15H2,1-2H3,(H,21,24). The minimum absolute atomic E-state index is 0.0806. The van der Waals surface area contributed by atoms with E-state index in [9.17, 15) is 4.79 Å². The van der Waals surface area contributed by atoms with Gasteiger partial charge in [0.2, 0.25) is 0 Å². The quantitative estimate of drug-likeness (QED) is 0.806. The third-order valence-corrected chi connectivity index (χ3v) is 5.67. The lowest BCUT2D eigenvalue weighted by Crippen LogP contribution is -2.45. The van der Waals surface area contributed by atoms with Crippen molar-refractivity contribution in [3.63, 3.8) is 0 Å². The average molecular weight is 345 g/mol. The fourth-order valence-corrected chi connectivity index (χ4v) is 3.95. The summed E-state index contributed by atoms with van der Waals surface area (Å²) in [7, 11) is 2.20. The molecule has 0 aromatic heterocycles.